The van der Waals surface area contributed by atoms with Gasteiger partial charge in [-0.2, -0.15) is 0 Å². The van der Waals surface area contributed by atoms with Crippen LogP contribution in [0.25, 0.3) is 0 Å². The Bertz CT molecular complexity index is 376. The minimum atomic E-state index is 0.0251. The molecular weight excluding hydrogens is 234 g/mol. The van der Waals surface area contributed by atoms with Crippen molar-refractivity contribution in [1.82, 2.24) is 5.32 Å². The summed E-state index contributed by atoms with van der Waals surface area (Å²) in [6, 6.07) is 5.81. The molecule has 1 N–H and O–H groups in total. The molecule has 1 aromatic rings. The summed E-state index contributed by atoms with van der Waals surface area (Å²) >= 11 is 5.59. The van der Waals surface area contributed by atoms with Crippen LogP contribution in [0.1, 0.15) is 40.7 Å². The third kappa shape index (κ3) is 4.39. The average molecular weight is 254 g/mol. The van der Waals surface area contributed by atoms with Gasteiger partial charge in [0.1, 0.15) is 0 Å². The number of carbonyl (C=O) groups is 1. The van der Waals surface area contributed by atoms with Gasteiger partial charge in [-0.15, -0.1) is 11.6 Å². The summed E-state index contributed by atoms with van der Waals surface area (Å²) in [6.45, 7) is 4.73. The van der Waals surface area contributed by atoms with Crippen molar-refractivity contribution >= 4 is 17.5 Å². The van der Waals surface area contributed by atoms with Gasteiger partial charge in [-0.05, 0) is 43.9 Å². The summed E-state index contributed by atoms with van der Waals surface area (Å²) in [4.78, 5) is 11.9. The molecule has 2 nitrogen and oxygen atoms in total. The van der Waals surface area contributed by atoms with Gasteiger partial charge in [-0.25, -0.2) is 0 Å². The smallest absolute Gasteiger partial charge is 0.251 e. The highest BCUT2D eigenvalue weighted by Crippen LogP contribution is 2.12. The summed E-state index contributed by atoms with van der Waals surface area (Å²) in [6.07, 6.45) is 3.07. The molecule has 94 valence electrons. The second-order valence-corrected chi connectivity index (χ2v) is 4.63. The summed E-state index contributed by atoms with van der Waals surface area (Å²) in [5, 5.41) is 2.94. The van der Waals surface area contributed by atoms with Crippen molar-refractivity contribution < 1.29 is 4.79 Å². The molecule has 0 unspecified atom stereocenters. The Hall–Kier alpha value is -1.02. The van der Waals surface area contributed by atoms with Crippen LogP contribution in [-0.2, 0) is 0 Å². The van der Waals surface area contributed by atoms with Gasteiger partial charge >= 0.3 is 0 Å². The first-order valence-corrected chi connectivity index (χ1v) is 6.60. The van der Waals surface area contributed by atoms with Gasteiger partial charge in [-0.3, -0.25) is 4.79 Å². The van der Waals surface area contributed by atoms with Gasteiger partial charge < -0.3 is 5.32 Å². The molecular formula is C14H20ClNO. The molecule has 1 aromatic carbocycles. The number of amides is 1. The second kappa shape index (κ2) is 7.33. The normalized spacial score (nSPS) is 10.3. The fourth-order valence-electron chi connectivity index (χ4n) is 1.69. The highest BCUT2D eigenvalue weighted by molar-refractivity contribution is 6.17. The van der Waals surface area contributed by atoms with E-state index in [4.69, 9.17) is 11.6 Å². The Morgan fingerprint density at radius 3 is 2.71 bits per heavy atom. The molecule has 0 heterocycles. The van der Waals surface area contributed by atoms with Crippen LogP contribution in [0.4, 0.5) is 0 Å². The molecule has 1 amide bonds. The number of nitrogens with one attached hydrogen (secondary N) is 1. The van der Waals surface area contributed by atoms with Crippen LogP contribution < -0.4 is 5.32 Å². The zero-order valence-corrected chi connectivity index (χ0v) is 11.3. The predicted molar refractivity (Wildman–Crippen MR) is 72.8 cm³/mol. The molecule has 1 rings (SSSR count). The molecule has 0 saturated carbocycles. The highest BCUT2D eigenvalue weighted by atomic mass is 35.5. The van der Waals surface area contributed by atoms with Crippen LogP contribution in [0.15, 0.2) is 18.2 Å². The van der Waals surface area contributed by atoms with Crippen molar-refractivity contribution in [2.45, 2.75) is 33.1 Å². The number of unbranched alkanes of at least 4 members (excludes halogenated alkanes) is 2. The van der Waals surface area contributed by atoms with Crippen molar-refractivity contribution in [3.63, 3.8) is 0 Å². The minimum Gasteiger partial charge on any atom is -0.352 e. The number of aryl methyl sites for hydroxylation is 1. The maximum absolute atomic E-state index is 11.9. The maximum atomic E-state index is 11.9. The fourth-order valence-corrected chi connectivity index (χ4v) is 1.88. The van der Waals surface area contributed by atoms with Crippen LogP contribution >= 0.6 is 11.6 Å². The Labute approximate surface area is 108 Å². The van der Waals surface area contributed by atoms with E-state index >= 15 is 0 Å². The van der Waals surface area contributed by atoms with E-state index in [0.717, 1.165) is 42.5 Å². The molecule has 0 saturated heterocycles. The van der Waals surface area contributed by atoms with Gasteiger partial charge in [0, 0.05) is 18.0 Å². The van der Waals surface area contributed by atoms with Gasteiger partial charge in [0.25, 0.3) is 5.91 Å². The summed E-state index contributed by atoms with van der Waals surface area (Å²) in [7, 11) is 0. The van der Waals surface area contributed by atoms with E-state index in [1.807, 2.05) is 32.0 Å². The number of hydrogen-bond acceptors (Lipinski definition) is 1. The highest BCUT2D eigenvalue weighted by Gasteiger charge is 2.08. The average Bonchev–Trinajstić information content (AvgIpc) is 2.32. The summed E-state index contributed by atoms with van der Waals surface area (Å²) in [5.74, 6) is 0.724. The topological polar surface area (TPSA) is 29.1 Å². The van der Waals surface area contributed by atoms with E-state index in [0.29, 0.717) is 5.88 Å². The number of benzene rings is 1. The Kier molecular flexibility index (Phi) is 6.06. The van der Waals surface area contributed by atoms with Gasteiger partial charge in [-0.1, -0.05) is 18.6 Å². The maximum Gasteiger partial charge on any atom is 0.251 e. The molecule has 0 bridgehead atoms. The number of hydrogen-bond donors (Lipinski definition) is 1. The number of carbonyl (C=O) groups excluding carboxylic acids is 1. The minimum absolute atomic E-state index is 0.0251. The summed E-state index contributed by atoms with van der Waals surface area (Å²) in [5.41, 5.74) is 2.99. The lowest BCUT2D eigenvalue weighted by Gasteiger charge is -2.09. The van der Waals surface area contributed by atoms with E-state index in [9.17, 15) is 4.79 Å². The molecule has 0 spiro atoms. The third-order valence-corrected chi connectivity index (χ3v) is 3.21. The third-order valence-electron chi connectivity index (χ3n) is 2.95. The molecule has 0 aliphatic rings. The summed E-state index contributed by atoms with van der Waals surface area (Å²) < 4.78 is 0. The molecule has 0 atom stereocenters. The monoisotopic (exact) mass is 253 g/mol. The first-order chi connectivity index (χ1) is 8.16. The van der Waals surface area contributed by atoms with E-state index in [1.54, 1.807) is 0 Å². The molecule has 17 heavy (non-hydrogen) atoms. The first kappa shape index (κ1) is 14.0. The molecule has 0 fully saturated rings. The van der Waals surface area contributed by atoms with Crippen molar-refractivity contribution in [2.24, 2.45) is 0 Å². The zero-order chi connectivity index (χ0) is 12.7. The first-order valence-electron chi connectivity index (χ1n) is 6.07. The number of rotatable bonds is 6. The Morgan fingerprint density at radius 1 is 1.24 bits per heavy atom. The molecule has 3 heteroatoms. The van der Waals surface area contributed by atoms with Crippen LogP contribution in [0, 0.1) is 13.8 Å². The molecule has 0 aliphatic heterocycles. The quantitative estimate of drug-likeness (QED) is 0.611. The lowest BCUT2D eigenvalue weighted by Crippen LogP contribution is -2.25. The zero-order valence-electron chi connectivity index (χ0n) is 10.6. The standard InChI is InChI=1S/C14H20ClNO/c1-11-7-6-8-13(12(11)2)14(17)16-10-5-3-4-9-15/h6-8H,3-5,9-10H2,1-2H3,(H,16,17). The number of alkyl halides is 1. The van der Waals surface area contributed by atoms with E-state index in [2.05, 4.69) is 5.32 Å². The largest absolute Gasteiger partial charge is 0.352 e. The lowest BCUT2D eigenvalue weighted by molar-refractivity contribution is 0.0952. The van der Waals surface area contributed by atoms with E-state index < -0.39 is 0 Å². The van der Waals surface area contributed by atoms with Crippen molar-refractivity contribution in [2.75, 3.05) is 12.4 Å². The van der Waals surface area contributed by atoms with Gasteiger partial charge in [0.2, 0.25) is 0 Å². The predicted octanol–water partition coefficient (Wildman–Crippen LogP) is 3.44. The van der Waals surface area contributed by atoms with Crippen molar-refractivity contribution in [3.8, 4) is 0 Å². The molecule has 0 aromatic heterocycles. The van der Waals surface area contributed by atoms with Crippen molar-refractivity contribution in [3.05, 3.63) is 34.9 Å². The van der Waals surface area contributed by atoms with Crippen molar-refractivity contribution in [1.29, 1.82) is 0 Å². The Morgan fingerprint density at radius 2 is 2.00 bits per heavy atom. The van der Waals surface area contributed by atoms with Gasteiger partial charge in [0.05, 0.1) is 0 Å². The van der Waals surface area contributed by atoms with E-state index in [-0.39, 0.29) is 5.91 Å². The molecule has 0 radical (unpaired) electrons. The van der Waals surface area contributed by atoms with Gasteiger partial charge in [0.15, 0.2) is 0 Å². The Balaban J connectivity index is 2.44. The van der Waals surface area contributed by atoms with Crippen LogP contribution in [-0.4, -0.2) is 18.3 Å². The fraction of sp³-hybridized carbons (Fsp3) is 0.500. The van der Waals surface area contributed by atoms with Crippen LogP contribution in [0.3, 0.4) is 0 Å². The van der Waals surface area contributed by atoms with Crippen LogP contribution in [0.5, 0.6) is 0 Å². The number of halogens is 1. The molecule has 0 aliphatic carbocycles. The SMILES string of the molecule is Cc1cccc(C(=O)NCCCCCCl)c1C. The van der Waals surface area contributed by atoms with Crippen LogP contribution in [0.2, 0.25) is 0 Å². The lowest BCUT2D eigenvalue weighted by atomic mass is 10.0. The van der Waals surface area contributed by atoms with E-state index in [1.165, 1.54) is 0 Å². The second-order valence-electron chi connectivity index (χ2n) is 4.25.